The number of amides is 3. The zero-order valence-electron chi connectivity index (χ0n) is 16.9. The van der Waals surface area contributed by atoms with Crippen molar-refractivity contribution in [1.29, 1.82) is 0 Å². The topological polar surface area (TPSA) is 79.5 Å². The average molecular weight is 396 g/mol. The molecule has 0 heterocycles. The number of ether oxygens (including phenoxy) is 1. The number of rotatable bonds is 7. The van der Waals surface area contributed by atoms with Gasteiger partial charge in [0.05, 0.1) is 7.11 Å². The van der Waals surface area contributed by atoms with Gasteiger partial charge in [0.2, 0.25) is 5.91 Å². The molecule has 29 heavy (non-hydrogen) atoms. The molecule has 6 heteroatoms. The van der Waals surface area contributed by atoms with Crippen LogP contribution in [0, 0.1) is 5.92 Å². The van der Waals surface area contributed by atoms with Gasteiger partial charge in [-0.05, 0) is 48.2 Å². The lowest BCUT2D eigenvalue weighted by Crippen LogP contribution is -2.31. The molecular weight excluding hydrogens is 366 g/mol. The van der Waals surface area contributed by atoms with Crippen molar-refractivity contribution in [2.75, 3.05) is 12.4 Å². The summed E-state index contributed by atoms with van der Waals surface area (Å²) in [6, 6.07) is 14.8. The molecule has 2 aromatic rings. The summed E-state index contributed by atoms with van der Waals surface area (Å²) >= 11 is 0. The quantitative estimate of drug-likeness (QED) is 0.657. The monoisotopic (exact) mass is 395 g/mol. The van der Waals surface area contributed by atoms with Crippen LogP contribution >= 0.6 is 0 Å². The number of carbonyl (C=O) groups is 2. The number of urea groups is 1. The molecule has 1 aliphatic rings. The molecule has 6 nitrogen and oxygen atoms in total. The zero-order chi connectivity index (χ0) is 20.5. The molecular formula is C23H29N3O3. The number of benzene rings is 2. The van der Waals surface area contributed by atoms with Crippen LogP contribution in [0.3, 0.4) is 0 Å². The molecule has 0 bridgehead atoms. The molecule has 0 radical (unpaired) electrons. The molecule has 2 aromatic carbocycles. The summed E-state index contributed by atoms with van der Waals surface area (Å²) in [5.74, 6) is 1.11. The van der Waals surface area contributed by atoms with E-state index in [9.17, 15) is 9.59 Å². The van der Waals surface area contributed by atoms with E-state index in [1.165, 1.54) is 6.42 Å². The lowest BCUT2D eigenvalue weighted by Gasteiger charge is -2.20. The molecule has 1 fully saturated rings. The molecule has 1 saturated carbocycles. The van der Waals surface area contributed by atoms with Crippen LogP contribution in [0.2, 0.25) is 0 Å². The molecule has 0 aromatic heterocycles. The predicted molar refractivity (Wildman–Crippen MR) is 114 cm³/mol. The summed E-state index contributed by atoms with van der Waals surface area (Å²) < 4.78 is 5.12. The van der Waals surface area contributed by atoms with Crippen LogP contribution < -0.4 is 20.7 Å². The van der Waals surface area contributed by atoms with Crippen LogP contribution in [0.4, 0.5) is 10.5 Å². The Balaban J connectivity index is 1.40. The second kappa shape index (κ2) is 10.5. The first-order valence-corrected chi connectivity index (χ1v) is 10.2. The van der Waals surface area contributed by atoms with Crippen LogP contribution in [0.1, 0.15) is 43.2 Å². The maximum absolute atomic E-state index is 12.2. The molecule has 154 valence electrons. The Morgan fingerprint density at radius 2 is 1.45 bits per heavy atom. The summed E-state index contributed by atoms with van der Waals surface area (Å²) in [7, 11) is 1.62. The predicted octanol–water partition coefficient (Wildman–Crippen LogP) is 4.21. The standard InChI is InChI=1S/C23H29N3O3/c1-29-21-13-9-18(10-14-21)16-25-23(28)26-20-11-7-17(8-12-20)15-24-22(27)19-5-3-2-4-6-19/h7-14,19H,2-6,15-16H2,1H3,(H,24,27)(H2,25,26,28). The van der Waals surface area contributed by atoms with Gasteiger partial charge in [0.1, 0.15) is 5.75 Å². The van der Waals surface area contributed by atoms with Gasteiger partial charge in [0.15, 0.2) is 0 Å². The van der Waals surface area contributed by atoms with Crippen molar-refractivity contribution < 1.29 is 14.3 Å². The van der Waals surface area contributed by atoms with Gasteiger partial charge in [-0.15, -0.1) is 0 Å². The SMILES string of the molecule is COc1ccc(CNC(=O)Nc2ccc(CNC(=O)C3CCCCC3)cc2)cc1. The number of hydrogen-bond acceptors (Lipinski definition) is 3. The Hall–Kier alpha value is -3.02. The molecule has 0 unspecified atom stereocenters. The molecule has 3 N–H and O–H groups in total. The number of hydrogen-bond donors (Lipinski definition) is 3. The summed E-state index contributed by atoms with van der Waals surface area (Å²) in [5.41, 5.74) is 2.71. The number of nitrogens with one attached hydrogen (secondary N) is 3. The van der Waals surface area contributed by atoms with Crippen LogP contribution in [0.25, 0.3) is 0 Å². The highest BCUT2D eigenvalue weighted by Gasteiger charge is 2.20. The van der Waals surface area contributed by atoms with Crippen molar-refractivity contribution in [2.45, 2.75) is 45.2 Å². The summed E-state index contributed by atoms with van der Waals surface area (Å²) in [4.78, 5) is 24.3. The van der Waals surface area contributed by atoms with Crippen molar-refractivity contribution in [3.05, 3.63) is 59.7 Å². The Morgan fingerprint density at radius 3 is 2.07 bits per heavy atom. The van der Waals surface area contributed by atoms with E-state index >= 15 is 0 Å². The molecule has 0 aliphatic heterocycles. The van der Waals surface area contributed by atoms with Crippen molar-refractivity contribution in [3.63, 3.8) is 0 Å². The first-order valence-electron chi connectivity index (χ1n) is 10.2. The smallest absolute Gasteiger partial charge is 0.319 e. The van der Waals surface area contributed by atoms with E-state index in [0.717, 1.165) is 42.6 Å². The van der Waals surface area contributed by atoms with Gasteiger partial charge in [-0.2, -0.15) is 0 Å². The van der Waals surface area contributed by atoms with Gasteiger partial charge in [-0.3, -0.25) is 4.79 Å². The van der Waals surface area contributed by atoms with Crippen LogP contribution in [0.5, 0.6) is 5.75 Å². The van der Waals surface area contributed by atoms with E-state index in [-0.39, 0.29) is 17.9 Å². The first-order chi connectivity index (χ1) is 14.1. The van der Waals surface area contributed by atoms with E-state index < -0.39 is 0 Å². The summed E-state index contributed by atoms with van der Waals surface area (Å²) in [6.07, 6.45) is 5.55. The van der Waals surface area contributed by atoms with Gasteiger partial charge in [0.25, 0.3) is 0 Å². The normalized spacial score (nSPS) is 14.1. The van der Waals surface area contributed by atoms with E-state index in [4.69, 9.17) is 4.74 Å². The van der Waals surface area contributed by atoms with Crippen molar-refractivity contribution in [3.8, 4) is 5.75 Å². The fraction of sp³-hybridized carbons (Fsp3) is 0.391. The van der Waals surface area contributed by atoms with Crippen molar-refractivity contribution in [2.24, 2.45) is 5.92 Å². The molecule has 0 atom stereocenters. The maximum Gasteiger partial charge on any atom is 0.319 e. The molecule has 0 saturated heterocycles. The number of carbonyl (C=O) groups excluding carboxylic acids is 2. The lowest BCUT2D eigenvalue weighted by atomic mass is 9.88. The summed E-state index contributed by atoms with van der Waals surface area (Å²) in [5, 5.41) is 8.67. The van der Waals surface area contributed by atoms with Crippen LogP contribution in [0.15, 0.2) is 48.5 Å². The van der Waals surface area contributed by atoms with Crippen molar-refractivity contribution in [1.82, 2.24) is 10.6 Å². The Kier molecular flexibility index (Phi) is 7.50. The van der Waals surface area contributed by atoms with Crippen LogP contribution in [-0.4, -0.2) is 19.0 Å². The second-order valence-corrected chi connectivity index (χ2v) is 7.41. The third-order valence-electron chi connectivity index (χ3n) is 5.27. The van der Waals surface area contributed by atoms with E-state index in [2.05, 4.69) is 16.0 Å². The maximum atomic E-state index is 12.2. The highest BCUT2D eigenvalue weighted by molar-refractivity contribution is 5.89. The highest BCUT2D eigenvalue weighted by Crippen LogP contribution is 2.23. The Labute approximate surface area is 172 Å². The summed E-state index contributed by atoms with van der Waals surface area (Å²) in [6.45, 7) is 0.945. The molecule has 3 rings (SSSR count). The van der Waals surface area contributed by atoms with Gasteiger partial charge in [0, 0.05) is 24.7 Å². The third-order valence-corrected chi connectivity index (χ3v) is 5.27. The van der Waals surface area contributed by atoms with Crippen LogP contribution in [-0.2, 0) is 17.9 Å². The fourth-order valence-electron chi connectivity index (χ4n) is 3.51. The minimum Gasteiger partial charge on any atom is -0.497 e. The zero-order valence-corrected chi connectivity index (χ0v) is 16.9. The van der Waals surface area contributed by atoms with E-state index in [1.807, 2.05) is 48.5 Å². The van der Waals surface area contributed by atoms with Gasteiger partial charge in [-0.25, -0.2) is 4.79 Å². The van der Waals surface area contributed by atoms with E-state index in [0.29, 0.717) is 18.8 Å². The van der Waals surface area contributed by atoms with Gasteiger partial charge >= 0.3 is 6.03 Å². The molecule has 3 amide bonds. The molecule has 0 spiro atoms. The van der Waals surface area contributed by atoms with Gasteiger partial charge < -0.3 is 20.7 Å². The average Bonchev–Trinajstić information content (AvgIpc) is 2.78. The largest absolute Gasteiger partial charge is 0.497 e. The first kappa shape index (κ1) is 20.7. The van der Waals surface area contributed by atoms with Crippen molar-refractivity contribution >= 4 is 17.6 Å². The van der Waals surface area contributed by atoms with E-state index in [1.54, 1.807) is 7.11 Å². The Morgan fingerprint density at radius 1 is 0.862 bits per heavy atom. The minimum atomic E-state index is -0.265. The molecule has 1 aliphatic carbocycles. The highest BCUT2D eigenvalue weighted by atomic mass is 16.5. The Bertz CT molecular complexity index is 797. The second-order valence-electron chi connectivity index (χ2n) is 7.41. The lowest BCUT2D eigenvalue weighted by molar-refractivity contribution is -0.126. The minimum absolute atomic E-state index is 0.157. The fourth-order valence-corrected chi connectivity index (χ4v) is 3.51. The number of methoxy groups -OCH3 is 1. The third kappa shape index (κ3) is 6.52. The van der Waals surface area contributed by atoms with Gasteiger partial charge in [-0.1, -0.05) is 43.5 Å². The number of anilines is 1.